The van der Waals surface area contributed by atoms with Crippen molar-refractivity contribution in [3.05, 3.63) is 83.8 Å². The van der Waals surface area contributed by atoms with Crippen molar-refractivity contribution in [2.24, 2.45) is 0 Å². The van der Waals surface area contributed by atoms with Crippen LogP contribution in [0.25, 0.3) is 33.8 Å². The summed E-state index contributed by atoms with van der Waals surface area (Å²) in [6, 6.07) is 20.1. The number of aromatic nitrogens is 3. The van der Waals surface area contributed by atoms with Crippen LogP contribution in [0.5, 0.6) is 0 Å². The normalized spacial score (nSPS) is 16.1. The van der Waals surface area contributed by atoms with E-state index in [4.69, 9.17) is 26.3 Å². The highest BCUT2D eigenvalue weighted by Crippen LogP contribution is 2.30. The van der Waals surface area contributed by atoms with E-state index in [1.54, 1.807) is 18.3 Å². The molecule has 2 aromatic heterocycles. The second kappa shape index (κ2) is 9.25. The van der Waals surface area contributed by atoms with Gasteiger partial charge in [0, 0.05) is 29.4 Å². The first-order valence-corrected chi connectivity index (χ1v) is 11.2. The summed E-state index contributed by atoms with van der Waals surface area (Å²) in [4.78, 5) is 16.2. The second-order valence-electron chi connectivity index (χ2n) is 7.97. The van der Waals surface area contributed by atoms with Gasteiger partial charge >= 0.3 is 0 Å². The molecule has 0 saturated carbocycles. The molecule has 1 atom stereocenters. The van der Waals surface area contributed by atoms with E-state index in [-0.39, 0.29) is 11.9 Å². The highest BCUT2D eigenvalue weighted by atomic mass is 35.5. The van der Waals surface area contributed by atoms with Crippen LogP contribution in [0.3, 0.4) is 0 Å². The number of hydrogen-bond acceptors (Lipinski definition) is 5. The van der Waals surface area contributed by atoms with Crippen LogP contribution in [0.4, 0.5) is 10.3 Å². The lowest BCUT2D eigenvalue weighted by Gasteiger charge is -2.33. The third kappa shape index (κ3) is 4.58. The molecule has 0 aliphatic carbocycles. The van der Waals surface area contributed by atoms with Crippen molar-refractivity contribution in [2.75, 3.05) is 24.7 Å². The maximum absolute atomic E-state index is 13.5. The Kier molecular flexibility index (Phi) is 6.03. The molecule has 1 saturated heterocycles. The lowest BCUT2D eigenvalue weighted by molar-refractivity contribution is 0.0981. The van der Waals surface area contributed by atoms with Crippen LogP contribution in [-0.2, 0) is 4.74 Å². The molecule has 0 N–H and O–H groups in total. The Bertz CT molecular complexity index is 1260. The molecule has 0 amide bonds. The molecule has 1 unspecified atom stereocenters. The summed E-state index contributed by atoms with van der Waals surface area (Å²) in [5.74, 6) is 0.360. The maximum atomic E-state index is 13.5. The Morgan fingerprint density at radius 1 is 0.939 bits per heavy atom. The molecule has 5 nitrogen and oxygen atoms in total. The van der Waals surface area contributed by atoms with Gasteiger partial charge in [-0.2, -0.15) is 0 Å². The second-order valence-corrected chi connectivity index (χ2v) is 8.38. The van der Waals surface area contributed by atoms with E-state index >= 15 is 0 Å². The molecule has 4 aromatic rings. The summed E-state index contributed by atoms with van der Waals surface area (Å²) in [6.45, 7) is 4.06. The molecular weight excluding hydrogens is 439 g/mol. The highest BCUT2D eigenvalue weighted by molar-refractivity contribution is 6.33. The van der Waals surface area contributed by atoms with E-state index in [0.717, 1.165) is 33.8 Å². The van der Waals surface area contributed by atoms with Gasteiger partial charge in [0.2, 0.25) is 5.95 Å². The fraction of sp³-hybridized carbons (Fsp3) is 0.192. The molecule has 1 aliphatic rings. The Balaban J connectivity index is 1.57. The Labute approximate surface area is 196 Å². The Hall–Kier alpha value is -3.35. The third-order valence-electron chi connectivity index (χ3n) is 5.69. The lowest BCUT2D eigenvalue weighted by atomic mass is 10.0. The van der Waals surface area contributed by atoms with Crippen molar-refractivity contribution in [2.45, 2.75) is 13.0 Å². The van der Waals surface area contributed by atoms with Gasteiger partial charge < -0.3 is 9.64 Å². The van der Waals surface area contributed by atoms with Crippen LogP contribution >= 0.6 is 11.6 Å². The lowest BCUT2D eigenvalue weighted by Crippen LogP contribution is -2.44. The van der Waals surface area contributed by atoms with E-state index < -0.39 is 0 Å². The molecule has 166 valence electrons. The molecule has 0 spiro atoms. The summed E-state index contributed by atoms with van der Waals surface area (Å²) in [7, 11) is 0. The average molecular weight is 461 g/mol. The zero-order valence-corrected chi connectivity index (χ0v) is 18.8. The van der Waals surface area contributed by atoms with E-state index in [9.17, 15) is 4.39 Å². The van der Waals surface area contributed by atoms with Gasteiger partial charge in [0.25, 0.3) is 0 Å². The molecule has 3 heterocycles. The largest absolute Gasteiger partial charge is 0.377 e. The molecule has 1 fully saturated rings. The molecule has 5 rings (SSSR count). The summed E-state index contributed by atoms with van der Waals surface area (Å²) < 4.78 is 19.1. The van der Waals surface area contributed by atoms with Gasteiger partial charge in [0.1, 0.15) is 5.82 Å². The van der Waals surface area contributed by atoms with Crippen molar-refractivity contribution in [1.82, 2.24) is 15.0 Å². The number of benzene rings is 2. The molecule has 0 bridgehead atoms. The SMILES string of the molecule is CC1COCCN1c1nc(-c2ccc(F)cc2)cc(-c2ccc(-c3ncccc3Cl)cc2)n1. The summed E-state index contributed by atoms with van der Waals surface area (Å²) in [5.41, 5.74) is 4.97. The summed E-state index contributed by atoms with van der Waals surface area (Å²) >= 11 is 6.31. The van der Waals surface area contributed by atoms with Crippen LogP contribution in [-0.4, -0.2) is 40.8 Å². The van der Waals surface area contributed by atoms with Crippen molar-refractivity contribution < 1.29 is 9.13 Å². The van der Waals surface area contributed by atoms with Gasteiger partial charge in [-0.3, -0.25) is 4.98 Å². The van der Waals surface area contributed by atoms with Crippen LogP contribution < -0.4 is 4.90 Å². The van der Waals surface area contributed by atoms with Crippen molar-refractivity contribution in [1.29, 1.82) is 0 Å². The van der Waals surface area contributed by atoms with E-state index in [1.807, 2.05) is 42.5 Å². The van der Waals surface area contributed by atoms with Crippen molar-refractivity contribution >= 4 is 17.5 Å². The Morgan fingerprint density at radius 3 is 2.21 bits per heavy atom. The van der Waals surface area contributed by atoms with Crippen LogP contribution in [0, 0.1) is 5.82 Å². The van der Waals surface area contributed by atoms with E-state index in [1.165, 1.54) is 12.1 Å². The van der Waals surface area contributed by atoms with Crippen LogP contribution in [0.1, 0.15) is 6.92 Å². The Morgan fingerprint density at radius 2 is 1.58 bits per heavy atom. The minimum absolute atomic E-state index is 0.156. The van der Waals surface area contributed by atoms with Gasteiger partial charge in [0.15, 0.2) is 0 Å². The zero-order valence-electron chi connectivity index (χ0n) is 18.1. The number of anilines is 1. The maximum Gasteiger partial charge on any atom is 0.226 e. The topological polar surface area (TPSA) is 51.1 Å². The molecule has 2 aromatic carbocycles. The number of nitrogens with zero attached hydrogens (tertiary/aromatic N) is 4. The number of morpholine rings is 1. The zero-order chi connectivity index (χ0) is 22.8. The number of rotatable bonds is 4. The average Bonchev–Trinajstić information content (AvgIpc) is 2.85. The van der Waals surface area contributed by atoms with Crippen molar-refractivity contribution in [3.63, 3.8) is 0 Å². The van der Waals surface area contributed by atoms with Gasteiger partial charge in [-0.15, -0.1) is 0 Å². The predicted molar refractivity (Wildman–Crippen MR) is 129 cm³/mol. The van der Waals surface area contributed by atoms with Gasteiger partial charge in [-0.25, -0.2) is 14.4 Å². The summed E-state index contributed by atoms with van der Waals surface area (Å²) in [5, 5.41) is 0.606. The van der Waals surface area contributed by atoms with Gasteiger partial charge in [-0.1, -0.05) is 35.9 Å². The third-order valence-corrected chi connectivity index (χ3v) is 6.00. The number of pyridine rings is 1. The number of ether oxygens (including phenoxy) is 1. The first-order valence-electron chi connectivity index (χ1n) is 10.8. The minimum Gasteiger partial charge on any atom is -0.377 e. The minimum atomic E-state index is -0.279. The predicted octanol–water partition coefficient (Wildman–Crippen LogP) is 5.89. The van der Waals surface area contributed by atoms with E-state index in [2.05, 4.69) is 16.8 Å². The summed E-state index contributed by atoms with van der Waals surface area (Å²) in [6.07, 6.45) is 1.73. The monoisotopic (exact) mass is 460 g/mol. The smallest absolute Gasteiger partial charge is 0.226 e. The number of hydrogen-bond donors (Lipinski definition) is 0. The molecule has 7 heteroatoms. The molecular formula is C26H22ClFN4O. The van der Waals surface area contributed by atoms with Crippen LogP contribution in [0.15, 0.2) is 72.9 Å². The number of halogens is 2. The fourth-order valence-electron chi connectivity index (χ4n) is 3.90. The first kappa shape index (κ1) is 21.5. The highest BCUT2D eigenvalue weighted by Gasteiger charge is 2.23. The van der Waals surface area contributed by atoms with Gasteiger partial charge in [0.05, 0.1) is 41.4 Å². The molecule has 1 aliphatic heterocycles. The van der Waals surface area contributed by atoms with E-state index in [0.29, 0.717) is 30.7 Å². The first-order chi connectivity index (χ1) is 16.1. The standard InChI is InChI=1S/C26H22ClFN4O/c1-17-16-33-14-13-32(17)26-30-23(15-24(31-26)19-8-10-21(28)11-9-19)18-4-6-20(7-5-18)25-22(27)3-2-12-29-25/h2-12,15,17H,13-14,16H2,1H3. The van der Waals surface area contributed by atoms with Crippen LogP contribution in [0.2, 0.25) is 5.02 Å². The van der Waals surface area contributed by atoms with Gasteiger partial charge in [-0.05, 0) is 49.4 Å². The molecule has 33 heavy (non-hydrogen) atoms. The fourth-order valence-corrected chi connectivity index (χ4v) is 4.13. The molecule has 0 radical (unpaired) electrons. The van der Waals surface area contributed by atoms with Crippen molar-refractivity contribution in [3.8, 4) is 33.8 Å². The quantitative estimate of drug-likeness (QED) is 0.380.